The van der Waals surface area contributed by atoms with Crippen LogP contribution in [0.15, 0.2) is 53.4 Å². The van der Waals surface area contributed by atoms with E-state index in [0.717, 1.165) is 23.0 Å². The van der Waals surface area contributed by atoms with Crippen molar-refractivity contribution in [3.8, 4) is 5.75 Å². The van der Waals surface area contributed by atoms with Gasteiger partial charge < -0.3 is 24.6 Å². The summed E-state index contributed by atoms with van der Waals surface area (Å²) in [5.74, 6) is -0.948. The molecule has 1 N–H and O–H groups in total. The minimum absolute atomic E-state index is 0.0624. The summed E-state index contributed by atoms with van der Waals surface area (Å²) < 4.78 is 38.3. The van der Waals surface area contributed by atoms with Crippen molar-refractivity contribution >= 4 is 28.0 Å². The molecule has 0 aromatic heterocycles. The highest BCUT2D eigenvalue weighted by atomic mass is 32.2. The summed E-state index contributed by atoms with van der Waals surface area (Å²) in [4.78, 5) is 42.7. The number of amides is 2. The van der Waals surface area contributed by atoms with Gasteiger partial charge in [0.2, 0.25) is 15.9 Å². The topological polar surface area (TPSA) is 126 Å². The Morgan fingerprint density at radius 1 is 0.976 bits per heavy atom. The van der Waals surface area contributed by atoms with E-state index in [1.165, 1.54) is 26.1 Å². The third kappa shape index (κ3) is 9.01. The zero-order valence-corrected chi connectivity index (χ0v) is 26.2. The number of carbonyl (C=O) groups excluding carboxylic acids is 3. The molecule has 2 atom stereocenters. The van der Waals surface area contributed by atoms with Gasteiger partial charge in [0.05, 0.1) is 4.90 Å². The average molecular weight is 603 g/mol. The van der Waals surface area contributed by atoms with Crippen molar-refractivity contribution < 1.29 is 32.3 Å². The van der Waals surface area contributed by atoms with Gasteiger partial charge in [0.1, 0.15) is 23.4 Å². The molecule has 0 bridgehead atoms. The number of aryl methyl sites for hydroxylation is 1. The first-order chi connectivity index (χ1) is 19.6. The Hall–Kier alpha value is -3.48. The summed E-state index contributed by atoms with van der Waals surface area (Å²) >= 11 is 0. The molecule has 2 amide bonds. The van der Waals surface area contributed by atoms with E-state index in [-0.39, 0.29) is 11.3 Å². The van der Waals surface area contributed by atoms with E-state index in [0.29, 0.717) is 24.4 Å². The number of sulfonamides is 1. The molecule has 42 heavy (non-hydrogen) atoms. The zero-order chi connectivity index (χ0) is 31.2. The highest BCUT2D eigenvalue weighted by molar-refractivity contribution is 7.89. The van der Waals surface area contributed by atoms with Gasteiger partial charge in [0.15, 0.2) is 0 Å². The van der Waals surface area contributed by atoms with Crippen LogP contribution in [0, 0.1) is 6.92 Å². The monoisotopic (exact) mass is 602 g/mol. The van der Waals surface area contributed by atoms with Gasteiger partial charge in [-0.2, -0.15) is 4.31 Å². The molecule has 230 valence electrons. The van der Waals surface area contributed by atoms with Crippen LogP contribution in [0.5, 0.6) is 5.75 Å². The Bertz CT molecular complexity index is 1350. The van der Waals surface area contributed by atoms with Gasteiger partial charge >= 0.3 is 12.1 Å². The minimum Gasteiger partial charge on any atom is -0.458 e. The van der Waals surface area contributed by atoms with Crippen LogP contribution in [0.4, 0.5) is 4.79 Å². The van der Waals surface area contributed by atoms with E-state index in [9.17, 15) is 22.8 Å². The summed E-state index contributed by atoms with van der Waals surface area (Å²) in [6.45, 7) is 11.2. The first-order valence-corrected chi connectivity index (χ1v) is 15.3. The van der Waals surface area contributed by atoms with Gasteiger partial charge in [-0.3, -0.25) is 4.79 Å². The molecule has 0 aliphatic carbocycles. The van der Waals surface area contributed by atoms with Crippen LogP contribution < -0.4 is 10.1 Å². The first-order valence-electron chi connectivity index (χ1n) is 13.9. The maximum absolute atomic E-state index is 13.2. The Kier molecular flexibility index (Phi) is 10.7. The minimum atomic E-state index is -3.96. The lowest BCUT2D eigenvalue weighted by atomic mass is 10.0. The van der Waals surface area contributed by atoms with E-state index in [4.69, 9.17) is 9.47 Å². The summed E-state index contributed by atoms with van der Waals surface area (Å²) in [5.41, 5.74) is 0.779. The van der Waals surface area contributed by atoms with Crippen molar-refractivity contribution in [1.82, 2.24) is 19.4 Å². The zero-order valence-electron chi connectivity index (χ0n) is 25.4. The summed E-state index contributed by atoms with van der Waals surface area (Å²) in [6.07, 6.45) is -0.345. The number of nitrogens with one attached hydrogen (secondary N) is 1. The van der Waals surface area contributed by atoms with Crippen LogP contribution in [0.3, 0.4) is 0 Å². The number of rotatable bonds is 9. The molecule has 1 fully saturated rings. The Morgan fingerprint density at radius 2 is 1.55 bits per heavy atom. The summed E-state index contributed by atoms with van der Waals surface area (Å²) in [6, 6.07) is 10.8. The molecule has 1 saturated heterocycles. The smallest absolute Gasteiger partial charge is 0.415 e. The van der Waals surface area contributed by atoms with E-state index >= 15 is 0 Å². The highest BCUT2D eigenvalue weighted by Gasteiger charge is 2.33. The summed E-state index contributed by atoms with van der Waals surface area (Å²) in [7, 11) is -0.636. The lowest BCUT2D eigenvalue weighted by molar-refractivity contribution is -0.158. The van der Waals surface area contributed by atoms with Gasteiger partial charge in [-0.05, 0) is 71.5 Å². The number of carbonyl (C=O) groups is 3. The number of benzene rings is 2. The van der Waals surface area contributed by atoms with Crippen LogP contribution in [0.1, 0.15) is 38.8 Å². The van der Waals surface area contributed by atoms with Crippen molar-refractivity contribution in [1.29, 1.82) is 0 Å². The first kappa shape index (κ1) is 33.0. The number of hydrogen-bond acceptors (Lipinski definition) is 8. The van der Waals surface area contributed by atoms with Gasteiger partial charge in [0.25, 0.3) is 0 Å². The molecule has 2 aromatic rings. The molecule has 0 saturated carbocycles. The number of ether oxygens (including phenoxy) is 2. The van der Waals surface area contributed by atoms with Crippen LogP contribution in [-0.4, -0.2) is 98.5 Å². The quantitative estimate of drug-likeness (QED) is 0.435. The van der Waals surface area contributed by atoms with Crippen LogP contribution in [0.25, 0.3) is 0 Å². The largest absolute Gasteiger partial charge is 0.458 e. The Balaban J connectivity index is 1.71. The lowest BCUT2D eigenvalue weighted by Gasteiger charge is -2.31. The van der Waals surface area contributed by atoms with Crippen molar-refractivity contribution in [2.75, 3.05) is 40.3 Å². The molecule has 1 heterocycles. The number of nitrogens with zero attached hydrogens (tertiary/aromatic N) is 3. The van der Waals surface area contributed by atoms with Crippen molar-refractivity contribution in [3.05, 3.63) is 59.7 Å². The maximum atomic E-state index is 13.2. The van der Waals surface area contributed by atoms with Crippen molar-refractivity contribution in [2.45, 2.75) is 63.6 Å². The average Bonchev–Trinajstić information content (AvgIpc) is 2.92. The third-order valence-corrected chi connectivity index (χ3v) is 8.90. The Labute approximate surface area is 248 Å². The van der Waals surface area contributed by atoms with E-state index in [2.05, 4.69) is 10.2 Å². The predicted molar refractivity (Wildman–Crippen MR) is 159 cm³/mol. The number of hydrogen-bond donors (Lipinski definition) is 1. The van der Waals surface area contributed by atoms with Gasteiger partial charge in [-0.1, -0.05) is 29.8 Å². The summed E-state index contributed by atoms with van der Waals surface area (Å²) in [5, 5.41) is 2.68. The van der Waals surface area contributed by atoms with Crippen LogP contribution in [-0.2, 0) is 30.8 Å². The van der Waals surface area contributed by atoms with Gasteiger partial charge in [-0.15, -0.1) is 0 Å². The van der Waals surface area contributed by atoms with E-state index in [1.54, 1.807) is 62.1 Å². The van der Waals surface area contributed by atoms with Crippen LogP contribution in [0.2, 0.25) is 0 Å². The molecule has 12 heteroatoms. The maximum Gasteiger partial charge on any atom is 0.415 e. The molecule has 11 nitrogen and oxygen atoms in total. The number of likely N-dealkylation sites (N-methyl/N-ethyl adjacent to an activating group) is 2. The molecule has 0 spiro atoms. The molecular formula is C30H42N4O7S. The third-order valence-electron chi connectivity index (χ3n) is 6.96. The second-order valence-electron chi connectivity index (χ2n) is 11.6. The van der Waals surface area contributed by atoms with Gasteiger partial charge in [0, 0.05) is 39.6 Å². The van der Waals surface area contributed by atoms with Crippen LogP contribution >= 0.6 is 0 Å². The molecule has 3 rings (SSSR count). The fraction of sp³-hybridized carbons (Fsp3) is 0.500. The molecule has 2 aromatic carbocycles. The lowest BCUT2D eigenvalue weighted by Crippen LogP contribution is -2.52. The standard InChI is InChI=1S/C30H42N4O7S/c1-21-8-14-25(15-9-21)42(38,39)33(7)22(2)27(35)31-26(28(36)41-30(3,4)5)20-23-10-12-24(13-11-23)40-29(37)34-18-16-32(6)17-19-34/h8-15,22,26H,16-20H2,1-7H3,(H,31,35)/t22-,26+/m1/s1. The molecule has 1 aliphatic heterocycles. The second-order valence-corrected chi connectivity index (χ2v) is 13.6. The van der Waals surface area contributed by atoms with Crippen molar-refractivity contribution in [3.63, 3.8) is 0 Å². The van der Waals surface area contributed by atoms with E-state index < -0.39 is 45.7 Å². The molecule has 0 radical (unpaired) electrons. The second kappa shape index (κ2) is 13.7. The molecular weight excluding hydrogens is 560 g/mol. The fourth-order valence-electron chi connectivity index (χ4n) is 4.19. The normalized spacial score (nSPS) is 16.0. The van der Waals surface area contributed by atoms with Gasteiger partial charge in [-0.25, -0.2) is 18.0 Å². The fourth-order valence-corrected chi connectivity index (χ4v) is 5.52. The number of esters is 1. The SMILES string of the molecule is Cc1ccc(S(=O)(=O)N(C)[C@H](C)C(=O)N[C@@H](Cc2ccc(OC(=O)N3CCN(C)CC3)cc2)C(=O)OC(C)(C)C)cc1. The molecule has 1 aliphatic rings. The predicted octanol–water partition coefficient (Wildman–Crippen LogP) is 2.82. The van der Waals surface area contributed by atoms with Crippen molar-refractivity contribution in [2.24, 2.45) is 0 Å². The Morgan fingerprint density at radius 3 is 2.10 bits per heavy atom. The van der Waals surface area contributed by atoms with E-state index in [1.807, 2.05) is 14.0 Å². The highest BCUT2D eigenvalue weighted by Crippen LogP contribution is 2.19. The molecule has 0 unspecified atom stereocenters. The number of piperazine rings is 1.